The summed E-state index contributed by atoms with van der Waals surface area (Å²) in [6, 6.07) is 10.7. The number of amides is 3. The lowest BCUT2D eigenvalue weighted by Gasteiger charge is -2.40. The van der Waals surface area contributed by atoms with Gasteiger partial charge >= 0.3 is 6.03 Å². The second-order valence-electron chi connectivity index (χ2n) is 7.85. The summed E-state index contributed by atoms with van der Waals surface area (Å²) >= 11 is 6.14. The molecule has 0 aromatic heterocycles. The molecule has 32 heavy (non-hydrogen) atoms. The van der Waals surface area contributed by atoms with Gasteiger partial charge in [0.2, 0.25) is 5.96 Å². The lowest BCUT2D eigenvalue weighted by atomic mass is 10.1. The Hall–Kier alpha value is -3.33. The molecule has 0 bridgehead atoms. The molecule has 5 rings (SSSR count). The number of carbonyl (C=O) groups is 2. The van der Waals surface area contributed by atoms with E-state index in [1.54, 1.807) is 14.2 Å². The molecule has 2 unspecified atom stereocenters. The van der Waals surface area contributed by atoms with Crippen LogP contribution in [-0.2, 0) is 11.3 Å². The molecule has 3 aliphatic rings. The first kappa shape index (κ1) is 20.6. The molecule has 0 spiro atoms. The molecule has 3 aliphatic heterocycles. The fraction of sp³-hybridized carbons (Fsp3) is 0.318. The van der Waals surface area contributed by atoms with Gasteiger partial charge in [-0.3, -0.25) is 9.69 Å². The first-order chi connectivity index (χ1) is 15.4. The average Bonchev–Trinajstić information content (AvgIpc) is 3.36. The molecule has 0 N–H and O–H groups in total. The molecule has 0 aliphatic carbocycles. The molecular weight excluding hydrogens is 437 g/mol. The SMILES string of the molecule is COc1cccc(N2CCN3C2=NC2C3C(=O)N(Cc3c(F)cccc3Cl)C(=O)N2C)c1. The Labute approximate surface area is 189 Å². The number of guanidine groups is 1. The third kappa shape index (κ3) is 3.07. The van der Waals surface area contributed by atoms with Gasteiger partial charge < -0.3 is 19.4 Å². The molecule has 0 saturated carbocycles. The van der Waals surface area contributed by atoms with Crippen LogP contribution >= 0.6 is 11.6 Å². The van der Waals surface area contributed by atoms with Gasteiger partial charge in [0.15, 0.2) is 12.2 Å². The second kappa shape index (κ2) is 7.67. The zero-order valence-corrected chi connectivity index (χ0v) is 18.3. The fourth-order valence-electron chi connectivity index (χ4n) is 4.45. The maximum absolute atomic E-state index is 14.3. The van der Waals surface area contributed by atoms with Crippen LogP contribution in [0.1, 0.15) is 5.56 Å². The number of likely N-dealkylation sites (N-methyl/N-ethyl adjacent to an activating group) is 1. The fourth-order valence-corrected chi connectivity index (χ4v) is 4.67. The third-order valence-corrected chi connectivity index (χ3v) is 6.47. The van der Waals surface area contributed by atoms with E-state index in [2.05, 4.69) is 0 Å². The average molecular weight is 458 g/mol. The van der Waals surface area contributed by atoms with Crippen molar-refractivity contribution < 1.29 is 18.7 Å². The quantitative estimate of drug-likeness (QED) is 0.706. The molecule has 10 heteroatoms. The lowest BCUT2D eigenvalue weighted by molar-refractivity contribution is -0.137. The largest absolute Gasteiger partial charge is 0.497 e. The summed E-state index contributed by atoms with van der Waals surface area (Å²) in [7, 11) is 3.21. The number of ether oxygens (including phenoxy) is 1. The minimum atomic E-state index is -0.672. The Morgan fingerprint density at radius 1 is 1.19 bits per heavy atom. The number of hydrogen-bond acceptors (Lipinski definition) is 6. The normalized spacial score (nSPS) is 22.3. The molecule has 166 valence electrons. The molecule has 2 atom stereocenters. The van der Waals surface area contributed by atoms with E-state index in [9.17, 15) is 14.0 Å². The molecule has 3 heterocycles. The summed E-state index contributed by atoms with van der Waals surface area (Å²) in [5, 5.41) is 0.170. The van der Waals surface area contributed by atoms with E-state index in [4.69, 9.17) is 21.3 Å². The molecule has 0 radical (unpaired) electrons. The van der Waals surface area contributed by atoms with Crippen molar-refractivity contribution in [3.8, 4) is 5.75 Å². The molecule has 2 saturated heterocycles. The van der Waals surface area contributed by atoms with E-state index in [1.165, 1.54) is 23.1 Å². The number of rotatable bonds is 4. The highest BCUT2D eigenvalue weighted by molar-refractivity contribution is 6.31. The molecule has 8 nitrogen and oxygen atoms in total. The predicted octanol–water partition coefficient (Wildman–Crippen LogP) is 2.77. The molecular formula is C22H21ClFN5O3. The first-order valence-electron chi connectivity index (χ1n) is 10.2. The van der Waals surface area contributed by atoms with Gasteiger partial charge in [0.1, 0.15) is 11.6 Å². The smallest absolute Gasteiger partial charge is 0.328 e. The van der Waals surface area contributed by atoms with Gasteiger partial charge in [0, 0.05) is 42.5 Å². The summed E-state index contributed by atoms with van der Waals surface area (Å²) in [5.74, 6) is 0.376. The maximum Gasteiger partial charge on any atom is 0.328 e. The van der Waals surface area contributed by atoms with Crippen LogP contribution in [0.2, 0.25) is 5.02 Å². The van der Waals surface area contributed by atoms with E-state index >= 15 is 0 Å². The summed E-state index contributed by atoms with van der Waals surface area (Å²) in [4.78, 5) is 37.6. The highest BCUT2D eigenvalue weighted by Crippen LogP contribution is 2.35. The summed E-state index contributed by atoms with van der Waals surface area (Å²) in [6.45, 7) is 0.970. The van der Waals surface area contributed by atoms with Crippen LogP contribution in [0.3, 0.4) is 0 Å². The van der Waals surface area contributed by atoms with Crippen molar-refractivity contribution in [1.29, 1.82) is 0 Å². The van der Waals surface area contributed by atoms with Crippen LogP contribution in [0.4, 0.5) is 14.9 Å². The van der Waals surface area contributed by atoms with Crippen molar-refractivity contribution in [2.75, 3.05) is 32.1 Å². The zero-order valence-electron chi connectivity index (χ0n) is 17.5. The van der Waals surface area contributed by atoms with E-state index in [0.717, 1.165) is 10.6 Å². The number of carbonyl (C=O) groups excluding carboxylic acids is 2. The van der Waals surface area contributed by atoms with Crippen molar-refractivity contribution in [2.24, 2.45) is 4.99 Å². The van der Waals surface area contributed by atoms with Crippen LogP contribution in [0.5, 0.6) is 5.75 Å². The number of fused-ring (bicyclic) bond motifs is 3. The summed E-state index contributed by atoms with van der Waals surface area (Å²) in [5.41, 5.74) is 1.00. The van der Waals surface area contributed by atoms with Crippen LogP contribution in [0, 0.1) is 5.82 Å². The monoisotopic (exact) mass is 457 g/mol. The summed E-state index contributed by atoms with van der Waals surface area (Å²) < 4.78 is 19.7. The Balaban J connectivity index is 1.45. The molecule has 2 aromatic carbocycles. The van der Waals surface area contributed by atoms with Gasteiger partial charge in [-0.25, -0.2) is 14.2 Å². The molecule has 2 fully saturated rings. The molecule has 3 amide bonds. The van der Waals surface area contributed by atoms with Gasteiger partial charge in [-0.2, -0.15) is 0 Å². The van der Waals surface area contributed by atoms with Crippen molar-refractivity contribution >= 4 is 35.2 Å². The van der Waals surface area contributed by atoms with Crippen molar-refractivity contribution in [2.45, 2.75) is 18.8 Å². The van der Waals surface area contributed by atoms with Gasteiger partial charge in [0.05, 0.1) is 13.7 Å². The predicted molar refractivity (Wildman–Crippen MR) is 117 cm³/mol. The van der Waals surface area contributed by atoms with Gasteiger partial charge in [-0.15, -0.1) is 0 Å². The number of nitrogens with zero attached hydrogens (tertiary/aromatic N) is 5. The number of anilines is 1. The van der Waals surface area contributed by atoms with Crippen LogP contribution in [-0.4, -0.2) is 72.1 Å². The standard InChI is InChI=1S/C22H21ClFN5O3/c1-26-19-18(20(30)29(22(26)31)12-15-16(23)7-4-8-17(15)24)28-10-9-27(21(28)25-19)13-5-3-6-14(11-13)32-2/h3-8,11,18-19H,9-10,12H2,1-2H3. The van der Waals surface area contributed by atoms with Crippen LogP contribution in [0.25, 0.3) is 0 Å². The number of methoxy groups -OCH3 is 1. The lowest BCUT2D eigenvalue weighted by Crippen LogP contribution is -2.64. The number of hydrogen-bond donors (Lipinski definition) is 0. The highest BCUT2D eigenvalue weighted by atomic mass is 35.5. The minimum absolute atomic E-state index is 0.112. The number of urea groups is 1. The Bertz CT molecular complexity index is 1120. The Morgan fingerprint density at radius 3 is 2.72 bits per heavy atom. The van der Waals surface area contributed by atoms with Crippen molar-refractivity contribution in [3.63, 3.8) is 0 Å². The Morgan fingerprint density at radius 2 is 1.97 bits per heavy atom. The van der Waals surface area contributed by atoms with Crippen molar-refractivity contribution in [3.05, 3.63) is 58.9 Å². The Kier molecular flexibility index (Phi) is 4.93. The number of imide groups is 1. The van der Waals surface area contributed by atoms with Gasteiger partial charge in [-0.05, 0) is 24.3 Å². The highest BCUT2D eigenvalue weighted by Gasteiger charge is 2.54. The topological polar surface area (TPSA) is 68.7 Å². The molecule has 2 aromatic rings. The number of aliphatic imine (C=N–C) groups is 1. The number of benzene rings is 2. The van der Waals surface area contributed by atoms with Crippen LogP contribution in [0.15, 0.2) is 47.5 Å². The second-order valence-corrected chi connectivity index (χ2v) is 8.26. The van der Waals surface area contributed by atoms with Gasteiger partial charge in [0.25, 0.3) is 5.91 Å². The van der Waals surface area contributed by atoms with Crippen LogP contribution < -0.4 is 9.64 Å². The third-order valence-electron chi connectivity index (χ3n) is 6.12. The first-order valence-corrected chi connectivity index (χ1v) is 10.6. The van der Waals surface area contributed by atoms with E-state index < -0.39 is 30.0 Å². The van der Waals surface area contributed by atoms with E-state index in [0.29, 0.717) is 24.8 Å². The summed E-state index contributed by atoms with van der Waals surface area (Å²) in [6.07, 6.45) is -0.647. The van der Waals surface area contributed by atoms with Crippen molar-refractivity contribution in [1.82, 2.24) is 14.7 Å². The van der Waals surface area contributed by atoms with Gasteiger partial charge in [-0.1, -0.05) is 23.7 Å². The maximum atomic E-state index is 14.3. The van der Waals surface area contributed by atoms with E-state index in [-0.39, 0.29) is 17.1 Å². The minimum Gasteiger partial charge on any atom is -0.497 e. The van der Waals surface area contributed by atoms with E-state index in [1.807, 2.05) is 34.1 Å². The number of halogens is 2. The zero-order chi connectivity index (χ0) is 22.6.